The molecule has 0 aromatic heterocycles. The third kappa shape index (κ3) is 1.42. The van der Waals surface area contributed by atoms with Crippen molar-refractivity contribution in [2.24, 2.45) is 0 Å². The molecule has 64 valence electrons. The minimum Gasteiger partial charge on any atom is -0.375 e. The van der Waals surface area contributed by atoms with Gasteiger partial charge in [0.1, 0.15) is 0 Å². The highest BCUT2D eigenvalue weighted by atomic mass is 16.5. The van der Waals surface area contributed by atoms with Crippen LogP contribution in [0.1, 0.15) is 33.1 Å². The van der Waals surface area contributed by atoms with Crippen molar-refractivity contribution < 1.29 is 4.74 Å². The molecule has 2 fully saturated rings. The summed E-state index contributed by atoms with van der Waals surface area (Å²) >= 11 is 0. The molecule has 1 heterocycles. The van der Waals surface area contributed by atoms with Crippen molar-refractivity contribution in [1.82, 2.24) is 5.32 Å². The van der Waals surface area contributed by atoms with Gasteiger partial charge in [-0.3, -0.25) is 0 Å². The van der Waals surface area contributed by atoms with Crippen molar-refractivity contribution in [3.63, 3.8) is 0 Å². The number of hydrogen-bond acceptors (Lipinski definition) is 2. The van der Waals surface area contributed by atoms with E-state index in [9.17, 15) is 0 Å². The van der Waals surface area contributed by atoms with Crippen molar-refractivity contribution in [1.29, 1.82) is 0 Å². The van der Waals surface area contributed by atoms with Gasteiger partial charge in [0.25, 0.3) is 0 Å². The largest absolute Gasteiger partial charge is 0.375 e. The van der Waals surface area contributed by atoms with E-state index in [4.69, 9.17) is 4.74 Å². The third-order valence-electron chi connectivity index (χ3n) is 2.69. The highest BCUT2D eigenvalue weighted by Crippen LogP contribution is 2.28. The molecule has 2 aliphatic rings. The van der Waals surface area contributed by atoms with E-state index in [1.165, 1.54) is 19.3 Å². The fraction of sp³-hybridized carbons (Fsp3) is 1.00. The molecule has 1 aliphatic carbocycles. The minimum atomic E-state index is 0.200. The lowest BCUT2D eigenvalue weighted by Gasteiger charge is -2.39. The molecule has 0 unspecified atom stereocenters. The molecule has 2 rings (SSSR count). The topological polar surface area (TPSA) is 21.3 Å². The van der Waals surface area contributed by atoms with Crippen molar-refractivity contribution in [3.8, 4) is 0 Å². The molecule has 2 heteroatoms. The van der Waals surface area contributed by atoms with Gasteiger partial charge in [0.05, 0.1) is 12.7 Å². The summed E-state index contributed by atoms with van der Waals surface area (Å²) < 4.78 is 5.75. The van der Waals surface area contributed by atoms with E-state index < -0.39 is 0 Å². The molecule has 0 aromatic carbocycles. The van der Waals surface area contributed by atoms with E-state index in [0.29, 0.717) is 12.1 Å². The second-order valence-electron chi connectivity index (χ2n) is 4.42. The third-order valence-corrected chi connectivity index (χ3v) is 2.69. The molecule has 1 N–H and O–H groups in total. The molecule has 0 bridgehead atoms. The Labute approximate surface area is 68.3 Å². The first-order valence-electron chi connectivity index (χ1n) is 4.57. The summed E-state index contributed by atoms with van der Waals surface area (Å²) in [5.41, 5.74) is 0.200. The number of morpholine rings is 1. The monoisotopic (exact) mass is 155 g/mol. The summed E-state index contributed by atoms with van der Waals surface area (Å²) in [4.78, 5) is 0. The van der Waals surface area contributed by atoms with Gasteiger partial charge in [-0.1, -0.05) is 0 Å². The molecule has 1 aliphatic heterocycles. The van der Waals surface area contributed by atoms with Crippen LogP contribution in [0.4, 0.5) is 0 Å². The molecule has 2 atom stereocenters. The standard InChI is InChI=1S/C9H17NO/c1-9(2)6-11-8-5-3-4-7(8)10-9/h7-8,10H,3-6H2,1-2H3/t7-,8+/m1/s1. The lowest BCUT2D eigenvalue weighted by molar-refractivity contribution is -0.0389. The van der Waals surface area contributed by atoms with Crippen molar-refractivity contribution in [2.75, 3.05) is 6.61 Å². The first kappa shape index (κ1) is 7.56. The molecule has 0 aromatic rings. The summed E-state index contributed by atoms with van der Waals surface area (Å²) in [7, 11) is 0. The number of rotatable bonds is 0. The van der Waals surface area contributed by atoms with E-state index in [0.717, 1.165) is 6.61 Å². The van der Waals surface area contributed by atoms with Crippen LogP contribution in [-0.4, -0.2) is 24.3 Å². The Hall–Kier alpha value is -0.0800. The Bertz CT molecular complexity index is 156. The Morgan fingerprint density at radius 2 is 2.18 bits per heavy atom. The maximum absolute atomic E-state index is 5.75. The van der Waals surface area contributed by atoms with E-state index in [2.05, 4.69) is 19.2 Å². The first-order chi connectivity index (χ1) is 5.17. The maximum atomic E-state index is 5.75. The van der Waals surface area contributed by atoms with Crippen molar-refractivity contribution in [2.45, 2.75) is 50.8 Å². The molecule has 1 saturated carbocycles. The van der Waals surface area contributed by atoms with Gasteiger partial charge in [-0.25, -0.2) is 0 Å². The Morgan fingerprint density at radius 3 is 3.00 bits per heavy atom. The first-order valence-corrected chi connectivity index (χ1v) is 4.57. The fourth-order valence-corrected chi connectivity index (χ4v) is 2.15. The summed E-state index contributed by atoms with van der Waals surface area (Å²) in [6.07, 6.45) is 4.41. The van der Waals surface area contributed by atoms with Crippen LogP contribution in [0.15, 0.2) is 0 Å². The van der Waals surface area contributed by atoms with Gasteiger partial charge in [0.15, 0.2) is 0 Å². The van der Waals surface area contributed by atoms with Gasteiger partial charge in [-0.2, -0.15) is 0 Å². The molecular weight excluding hydrogens is 138 g/mol. The lowest BCUT2D eigenvalue weighted by Crippen LogP contribution is -2.57. The zero-order valence-electron chi connectivity index (χ0n) is 7.39. The van der Waals surface area contributed by atoms with Crippen LogP contribution < -0.4 is 5.32 Å². The minimum absolute atomic E-state index is 0.200. The lowest BCUT2D eigenvalue weighted by atomic mass is 10.0. The van der Waals surface area contributed by atoms with Crippen LogP contribution in [0.2, 0.25) is 0 Å². The Balaban J connectivity index is 2.02. The number of fused-ring (bicyclic) bond motifs is 1. The van der Waals surface area contributed by atoms with Crippen LogP contribution in [-0.2, 0) is 4.74 Å². The summed E-state index contributed by atoms with van der Waals surface area (Å²) in [6.45, 7) is 5.29. The molecule has 1 saturated heterocycles. The smallest absolute Gasteiger partial charge is 0.0729 e. The Kier molecular flexibility index (Phi) is 1.69. The SMILES string of the molecule is CC1(C)CO[C@H]2CCC[C@H]2N1. The number of hydrogen-bond donors (Lipinski definition) is 1. The quantitative estimate of drug-likeness (QED) is 0.569. The van der Waals surface area contributed by atoms with E-state index in [1.54, 1.807) is 0 Å². The van der Waals surface area contributed by atoms with Gasteiger partial charge in [0, 0.05) is 11.6 Å². The average Bonchev–Trinajstić information content (AvgIpc) is 2.31. The predicted octanol–water partition coefficient (Wildman–Crippen LogP) is 1.31. The van der Waals surface area contributed by atoms with Crippen LogP contribution >= 0.6 is 0 Å². The zero-order valence-corrected chi connectivity index (χ0v) is 7.39. The number of ether oxygens (including phenoxy) is 1. The predicted molar refractivity (Wildman–Crippen MR) is 44.6 cm³/mol. The second kappa shape index (κ2) is 2.46. The summed E-state index contributed by atoms with van der Waals surface area (Å²) in [6, 6.07) is 0.638. The number of nitrogens with one attached hydrogen (secondary N) is 1. The molecule has 11 heavy (non-hydrogen) atoms. The van der Waals surface area contributed by atoms with Crippen LogP contribution in [0.5, 0.6) is 0 Å². The van der Waals surface area contributed by atoms with Gasteiger partial charge in [-0.05, 0) is 33.1 Å². The average molecular weight is 155 g/mol. The highest BCUT2D eigenvalue weighted by molar-refractivity contribution is 4.94. The second-order valence-corrected chi connectivity index (χ2v) is 4.42. The van der Waals surface area contributed by atoms with E-state index in [-0.39, 0.29) is 5.54 Å². The van der Waals surface area contributed by atoms with Crippen LogP contribution in [0, 0.1) is 0 Å². The zero-order chi connectivity index (χ0) is 7.90. The van der Waals surface area contributed by atoms with E-state index >= 15 is 0 Å². The maximum Gasteiger partial charge on any atom is 0.0729 e. The highest BCUT2D eigenvalue weighted by Gasteiger charge is 2.37. The molecule has 0 spiro atoms. The van der Waals surface area contributed by atoms with E-state index in [1.807, 2.05) is 0 Å². The van der Waals surface area contributed by atoms with Crippen LogP contribution in [0.25, 0.3) is 0 Å². The molecular formula is C9H17NO. The van der Waals surface area contributed by atoms with Crippen LogP contribution in [0.3, 0.4) is 0 Å². The molecule has 0 radical (unpaired) electrons. The molecule has 2 nitrogen and oxygen atoms in total. The van der Waals surface area contributed by atoms with Gasteiger partial charge in [0.2, 0.25) is 0 Å². The fourth-order valence-electron chi connectivity index (χ4n) is 2.15. The van der Waals surface area contributed by atoms with Gasteiger partial charge < -0.3 is 10.1 Å². The summed E-state index contributed by atoms with van der Waals surface area (Å²) in [5.74, 6) is 0. The summed E-state index contributed by atoms with van der Waals surface area (Å²) in [5, 5.41) is 3.63. The van der Waals surface area contributed by atoms with Gasteiger partial charge >= 0.3 is 0 Å². The Morgan fingerprint density at radius 1 is 1.36 bits per heavy atom. The van der Waals surface area contributed by atoms with Crippen molar-refractivity contribution in [3.05, 3.63) is 0 Å². The van der Waals surface area contributed by atoms with Gasteiger partial charge in [-0.15, -0.1) is 0 Å². The van der Waals surface area contributed by atoms with Crippen molar-refractivity contribution >= 4 is 0 Å². The normalized spacial score (nSPS) is 42.0. The molecule has 0 amide bonds.